The molecule has 3 rings (SSSR count). The van der Waals surface area contributed by atoms with Gasteiger partial charge in [0.15, 0.2) is 5.72 Å². The zero-order valence-electron chi connectivity index (χ0n) is 13.6. The summed E-state index contributed by atoms with van der Waals surface area (Å²) >= 11 is 0. The minimum Gasteiger partial charge on any atom is -0.378 e. The topological polar surface area (TPSA) is 24.8 Å². The summed E-state index contributed by atoms with van der Waals surface area (Å²) in [5.41, 5.74) is 3.95. The highest BCUT2D eigenvalue weighted by atomic mass is 16.5. The highest BCUT2D eigenvalue weighted by Crippen LogP contribution is 2.36. The number of nitrogens with zero attached hydrogens (tertiary/aromatic N) is 2. The molecule has 0 fully saturated rings. The van der Waals surface area contributed by atoms with Gasteiger partial charge in [0.1, 0.15) is 6.10 Å². The van der Waals surface area contributed by atoms with Gasteiger partial charge in [-0.3, -0.25) is 4.99 Å². The number of hydrogen-bond donors (Lipinski definition) is 0. The number of anilines is 1. The lowest BCUT2D eigenvalue weighted by Crippen LogP contribution is -2.18. The van der Waals surface area contributed by atoms with E-state index in [0.29, 0.717) is 0 Å². The van der Waals surface area contributed by atoms with E-state index in [0.717, 1.165) is 16.8 Å². The van der Waals surface area contributed by atoms with Gasteiger partial charge in [0.25, 0.3) is 0 Å². The summed E-state index contributed by atoms with van der Waals surface area (Å²) in [6, 6.07) is 18.8. The lowest BCUT2D eigenvalue weighted by atomic mass is 9.99. The summed E-state index contributed by atoms with van der Waals surface area (Å²) in [5, 5.41) is 0. The van der Waals surface area contributed by atoms with Crippen molar-refractivity contribution in [1.29, 1.82) is 0 Å². The maximum absolute atomic E-state index is 6.18. The van der Waals surface area contributed by atoms with Crippen LogP contribution in [0.4, 0.5) is 5.69 Å². The third-order valence-corrected chi connectivity index (χ3v) is 3.83. The molecule has 2 aromatic rings. The van der Waals surface area contributed by atoms with Gasteiger partial charge in [0, 0.05) is 19.8 Å². The first kappa shape index (κ1) is 14.8. The molecule has 1 atom stereocenters. The molecular formula is C19H22N2O. The molecule has 3 heteroatoms. The predicted molar refractivity (Wildman–Crippen MR) is 91.7 cm³/mol. The second-order valence-electron chi connectivity index (χ2n) is 6.29. The standard InChI is InChI=1S/C19H22N2O/c1-19(2)20-17(14-8-6-5-7-9-14)18(22-19)15-10-12-16(13-11-15)21(3)4/h5-13,18H,1-4H3. The second kappa shape index (κ2) is 5.58. The van der Waals surface area contributed by atoms with Crippen molar-refractivity contribution in [1.82, 2.24) is 0 Å². The smallest absolute Gasteiger partial charge is 0.155 e. The monoisotopic (exact) mass is 294 g/mol. The van der Waals surface area contributed by atoms with Crippen molar-refractivity contribution in [3.63, 3.8) is 0 Å². The molecule has 1 aliphatic heterocycles. The van der Waals surface area contributed by atoms with Crippen LogP contribution < -0.4 is 4.90 Å². The zero-order valence-corrected chi connectivity index (χ0v) is 13.6. The molecule has 0 aromatic heterocycles. The van der Waals surface area contributed by atoms with Crippen molar-refractivity contribution in [3.05, 3.63) is 65.7 Å². The maximum atomic E-state index is 6.18. The van der Waals surface area contributed by atoms with Gasteiger partial charge in [-0.15, -0.1) is 0 Å². The van der Waals surface area contributed by atoms with Crippen LogP contribution in [-0.4, -0.2) is 25.5 Å². The van der Waals surface area contributed by atoms with Crippen molar-refractivity contribution < 1.29 is 4.74 Å². The Morgan fingerprint density at radius 2 is 1.59 bits per heavy atom. The molecule has 0 N–H and O–H groups in total. The molecule has 0 saturated carbocycles. The molecule has 0 spiro atoms. The molecule has 2 aromatic carbocycles. The average molecular weight is 294 g/mol. The van der Waals surface area contributed by atoms with Crippen LogP contribution in [0, 0.1) is 0 Å². The highest BCUT2D eigenvalue weighted by Gasteiger charge is 2.35. The number of aliphatic imine (C=N–C) groups is 1. The largest absolute Gasteiger partial charge is 0.378 e. The van der Waals surface area contributed by atoms with Gasteiger partial charge in [-0.2, -0.15) is 0 Å². The normalized spacial score (nSPS) is 19.8. The molecule has 114 valence electrons. The van der Waals surface area contributed by atoms with E-state index in [1.165, 1.54) is 5.69 Å². The Labute approximate surface area is 132 Å². The zero-order chi connectivity index (χ0) is 15.7. The Morgan fingerprint density at radius 3 is 2.18 bits per heavy atom. The Hall–Kier alpha value is -2.13. The number of ether oxygens (including phenoxy) is 1. The van der Waals surface area contributed by atoms with E-state index >= 15 is 0 Å². The van der Waals surface area contributed by atoms with Gasteiger partial charge in [-0.25, -0.2) is 0 Å². The van der Waals surface area contributed by atoms with Crippen LogP contribution in [0.25, 0.3) is 0 Å². The van der Waals surface area contributed by atoms with Gasteiger partial charge in [-0.05, 0) is 37.1 Å². The van der Waals surface area contributed by atoms with Gasteiger partial charge >= 0.3 is 0 Å². The predicted octanol–water partition coefficient (Wildman–Crippen LogP) is 4.05. The average Bonchev–Trinajstić information content (AvgIpc) is 2.84. The van der Waals surface area contributed by atoms with E-state index in [2.05, 4.69) is 41.3 Å². The van der Waals surface area contributed by atoms with Gasteiger partial charge in [0.05, 0.1) is 5.71 Å². The minimum atomic E-state index is -0.490. The first-order chi connectivity index (χ1) is 10.5. The van der Waals surface area contributed by atoms with Crippen LogP contribution in [0.15, 0.2) is 59.6 Å². The fourth-order valence-electron chi connectivity index (χ4n) is 2.72. The van der Waals surface area contributed by atoms with Crippen LogP contribution in [-0.2, 0) is 4.74 Å². The number of hydrogen-bond acceptors (Lipinski definition) is 3. The van der Waals surface area contributed by atoms with E-state index in [1.54, 1.807) is 0 Å². The van der Waals surface area contributed by atoms with Crippen molar-refractivity contribution in [3.8, 4) is 0 Å². The summed E-state index contributed by atoms with van der Waals surface area (Å²) in [6.07, 6.45) is -0.117. The number of rotatable bonds is 3. The molecule has 0 bridgehead atoms. The fraction of sp³-hybridized carbons (Fsp3) is 0.316. The summed E-state index contributed by atoms with van der Waals surface area (Å²) < 4.78 is 6.18. The molecule has 3 nitrogen and oxygen atoms in total. The molecule has 0 radical (unpaired) electrons. The third-order valence-electron chi connectivity index (χ3n) is 3.83. The van der Waals surface area contributed by atoms with E-state index in [4.69, 9.17) is 9.73 Å². The van der Waals surface area contributed by atoms with Crippen molar-refractivity contribution >= 4 is 11.4 Å². The second-order valence-corrected chi connectivity index (χ2v) is 6.29. The third kappa shape index (κ3) is 2.90. The van der Waals surface area contributed by atoms with Gasteiger partial charge < -0.3 is 9.64 Å². The minimum absolute atomic E-state index is 0.117. The molecule has 0 saturated heterocycles. The van der Waals surface area contributed by atoms with Crippen molar-refractivity contribution in [2.45, 2.75) is 25.7 Å². The summed E-state index contributed by atoms with van der Waals surface area (Å²) in [6.45, 7) is 4.01. The van der Waals surface area contributed by atoms with Crippen LogP contribution in [0.5, 0.6) is 0 Å². The first-order valence-corrected chi connectivity index (χ1v) is 7.56. The van der Waals surface area contributed by atoms with E-state index in [1.807, 2.05) is 46.1 Å². The molecule has 1 unspecified atom stereocenters. The maximum Gasteiger partial charge on any atom is 0.155 e. The Kier molecular flexibility index (Phi) is 3.75. The van der Waals surface area contributed by atoms with Crippen LogP contribution in [0.1, 0.15) is 31.1 Å². The van der Waals surface area contributed by atoms with Crippen LogP contribution in [0.2, 0.25) is 0 Å². The Bertz CT molecular complexity index is 672. The van der Waals surface area contributed by atoms with E-state index in [9.17, 15) is 0 Å². The lowest BCUT2D eigenvalue weighted by Gasteiger charge is -2.20. The van der Waals surface area contributed by atoms with Crippen LogP contribution >= 0.6 is 0 Å². The molecular weight excluding hydrogens is 272 g/mol. The number of benzene rings is 2. The summed E-state index contributed by atoms with van der Waals surface area (Å²) in [5.74, 6) is 0. The molecule has 0 aliphatic carbocycles. The van der Waals surface area contributed by atoms with Crippen molar-refractivity contribution in [2.24, 2.45) is 4.99 Å². The summed E-state index contributed by atoms with van der Waals surface area (Å²) in [7, 11) is 4.09. The Balaban J connectivity index is 1.97. The van der Waals surface area contributed by atoms with E-state index < -0.39 is 5.72 Å². The quantitative estimate of drug-likeness (QED) is 0.853. The van der Waals surface area contributed by atoms with Crippen molar-refractivity contribution in [2.75, 3.05) is 19.0 Å². The molecule has 1 heterocycles. The lowest BCUT2D eigenvalue weighted by molar-refractivity contribution is -0.0160. The molecule has 0 amide bonds. The highest BCUT2D eigenvalue weighted by molar-refractivity contribution is 6.05. The SMILES string of the molecule is CN(C)c1ccc(C2OC(C)(C)N=C2c2ccccc2)cc1. The van der Waals surface area contributed by atoms with Gasteiger partial charge in [-0.1, -0.05) is 42.5 Å². The fourth-order valence-corrected chi connectivity index (χ4v) is 2.72. The van der Waals surface area contributed by atoms with E-state index in [-0.39, 0.29) is 6.10 Å². The molecule has 1 aliphatic rings. The molecule has 22 heavy (non-hydrogen) atoms. The van der Waals surface area contributed by atoms with Crippen LogP contribution in [0.3, 0.4) is 0 Å². The summed E-state index contributed by atoms with van der Waals surface area (Å²) in [4.78, 5) is 6.88. The van der Waals surface area contributed by atoms with Gasteiger partial charge in [0.2, 0.25) is 0 Å². The first-order valence-electron chi connectivity index (χ1n) is 7.56. The Morgan fingerprint density at radius 1 is 0.955 bits per heavy atom.